The Balaban J connectivity index is 1.84. The molecule has 2 heterocycles. The number of piperidine rings is 1. The summed E-state index contributed by atoms with van der Waals surface area (Å²) < 4.78 is 0. The van der Waals surface area contributed by atoms with Gasteiger partial charge in [0.25, 0.3) is 5.91 Å². The highest BCUT2D eigenvalue weighted by atomic mass is 35.5. The van der Waals surface area contributed by atoms with Crippen LogP contribution in [0.3, 0.4) is 0 Å². The van der Waals surface area contributed by atoms with Crippen molar-refractivity contribution in [3.05, 3.63) is 28.8 Å². The largest absolute Gasteiger partial charge is 0.372 e. The lowest BCUT2D eigenvalue weighted by Gasteiger charge is -2.30. The van der Waals surface area contributed by atoms with E-state index in [2.05, 4.69) is 10.2 Å². The number of rotatable bonds is 2. The van der Waals surface area contributed by atoms with Crippen LogP contribution in [-0.2, 0) is 4.79 Å². The molecule has 2 aliphatic heterocycles. The van der Waals surface area contributed by atoms with Gasteiger partial charge < -0.3 is 15.1 Å². The van der Waals surface area contributed by atoms with Crippen molar-refractivity contribution in [2.24, 2.45) is 0 Å². The van der Waals surface area contributed by atoms with Gasteiger partial charge in [0.15, 0.2) is 0 Å². The fourth-order valence-electron chi connectivity index (χ4n) is 3.38. The van der Waals surface area contributed by atoms with Crippen LogP contribution in [0.25, 0.3) is 0 Å². The Bertz CT molecular complexity index is 629. The van der Waals surface area contributed by atoms with E-state index in [1.54, 1.807) is 4.90 Å². The van der Waals surface area contributed by atoms with E-state index in [9.17, 15) is 9.59 Å². The number of carbonyl (C=O) groups is 2. The van der Waals surface area contributed by atoms with Gasteiger partial charge in [0.05, 0.1) is 10.6 Å². The highest BCUT2D eigenvalue weighted by Gasteiger charge is 2.27. The van der Waals surface area contributed by atoms with Gasteiger partial charge in [-0.2, -0.15) is 0 Å². The van der Waals surface area contributed by atoms with Gasteiger partial charge in [0.1, 0.15) is 0 Å². The highest BCUT2D eigenvalue weighted by Crippen LogP contribution is 2.27. The third-order valence-electron chi connectivity index (χ3n) is 4.87. The lowest BCUT2D eigenvalue weighted by Crippen LogP contribution is -2.42. The van der Waals surface area contributed by atoms with E-state index in [1.165, 1.54) is 19.3 Å². The summed E-state index contributed by atoms with van der Waals surface area (Å²) in [5.74, 6) is -0.104. The second-order valence-electron chi connectivity index (χ2n) is 6.61. The summed E-state index contributed by atoms with van der Waals surface area (Å²) in [6.07, 6.45) is 3.97. The summed E-state index contributed by atoms with van der Waals surface area (Å²) in [7, 11) is 0. The molecule has 2 amide bonds. The van der Waals surface area contributed by atoms with Gasteiger partial charge in [-0.25, -0.2) is 0 Å². The number of hydrogen-bond donors (Lipinski definition) is 1. The predicted octanol–water partition coefficient (Wildman–Crippen LogP) is 2.68. The molecule has 1 aromatic carbocycles. The minimum atomic E-state index is -0.0946. The van der Waals surface area contributed by atoms with Gasteiger partial charge in [-0.3, -0.25) is 9.59 Å². The summed E-state index contributed by atoms with van der Waals surface area (Å²) in [5, 5.41) is 3.30. The van der Waals surface area contributed by atoms with E-state index in [4.69, 9.17) is 11.6 Å². The van der Waals surface area contributed by atoms with Crippen molar-refractivity contribution in [3.63, 3.8) is 0 Å². The molecule has 0 aliphatic carbocycles. The maximum atomic E-state index is 13.0. The first-order valence-electron chi connectivity index (χ1n) is 8.68. The van der Waals surface area contributed by atoms with Crippen LogP contribution in [0.15, 0.2) is 18.2 Å². The lowest BCUT2D eigenvalue weighted by atomic mass is 10.1. The van der Waals surface area contributed by atoms with E-state index in [0.29, 0.717) is 30.1 Å². The molecule has 3 rings (SSSR count). The maximum absolute atomic E-state index is 13.0. The normalized spacial score (nSPS) is 22.1. The molecular formula is C18H24ClN3O2. The van der Waals surface area contributed by atoms with Crippen LogP contribution in [0.4, 0.5) is 5.69 Å². The second-order valence-corrected chi connectivity index (χ2v) is 7.02. The number of nitrogens with zero attached hydrogens (tertiary/aromatic N) is 2. The van der Waals surface area contributed by atoms with E-state index in [1.807, 2.05) is 25.1 Å². The molecule has 1 aromatic rings. The molecule has 1 atom stereocenters. The smallest absolute Gasteiger partial charge is 0.255 e. The number of halogens is 1. The van der Waals surface area contributed by atoms with Gasteiger partial charge in [-0.15, -0.1) is 0 Å². The van der Waals surface area contributed by atoms with Crippen molar-refractivity contribution in [2.45, 2.75) is 38.6 Å². The molecule has 130 valence electrons. The fraction of sp³-hybridized carbons (Fsp3) is 0.556. The summed E-state index contributed by atoms with van der Waals surface area (Å²) >= 11 is 6.32. The minimum absolute atomic E-state index is 0.00897. The topological polar surface area (TPSA) is 52.7 Å². The number of benzene rings is 1. The van der Waals surface area contributed by atoms with Gasteiger partial charge in [0, 0.05) is 44.3 Å². The van der Waals surface area contributed by atoms with E-state index in [-0.39, 0.29) is 17.9 Å². The Kier molecular flexibility index (Phi) is 5.29. The molecule has 0 aromatic heterocycles. The van der Waals surface area contributed by atoms with Gasteiger partial charge in [0.2, 0.25) is 5.91 Å². The van der Waals surface area contributed by atoms with Crippen LogP contribution in [-0.4, -0.2) is 48.9 Å². The van der Waals surface area contributed by atoms with Crippen LogP contribution in [0.1, 0.15) is 43.0 Å². The van der Waals surface area contributed by atoms with Crippen LogP contribution in [0, 0.1) is 0 Å². The molecule has 1 N–H and O–H groups in total. The molecule has 2 aliphatic rings. The summed E-state index contributed by atoms with van der Waals surface area (Å²) in [6.45, 7) is 4.90. The molecule has 0 radical (unpaired) electrons. The third kappa shape index (κ3) is 3.66. The molecule has 0 bridgehead atoms. The Morgan fingerprint density at radius 1 is 1.21 bits per heavy atom. The zero-order chi connectivity index (χ0) is 17.1. The van der Waals surface area contributed by atoms with E-state index < -0.39 is 0 Å². The first kappa shape index (κ1) is 17.1. The standard InChI is InChI=1S/C18H24ClN3O2/c1-13-12-20-17(23)7-10-22(13)18(24)15-11-14(5-6-16(15)19)21-8-3-2-4-9-21/h5-6,11,13H,2-4,7-10,12H2,1H3,(H,20,23). The Morgan fingerprint density at radius 2 is 1.96 bits per heavy atom. The van der Waals surface area contributed by atoms with Crippen LogP contribution in [0.5, 0.6) is 0 Å². The molecular weight excluding hydrogens is 326 g/mol. The average molecular weight is 350 g/mol. The Morgan fingerprint density at radius 3 is 2.71 bits per heavy atom. The van der Waals surface area contributed by atoms with Crippen molar-refractivity contribution in [2.75, 3.05) is 31.1 Å². The number of nitrogens with one attached hydrogen (secondary N) is 1. The summed E-state index contributed by atoms with van der Waals surface area (Å²) in [4.78, 5) is 28.7. The number of hydrogen-bond acceptors (Lipinski definition) is 3. The number of amides is 2. The summed E-state index contributed by atoms with van der Waals surface area (Å²) in [5.41, 5.74) is 1.58. The second kappa shape index (κ2) is 7.43. The molecule has 0 saturated carbocycles. The molecule has 6 heteroatoms. The molecule has 2 fully saturated rings. The number of carbonyl (C=O) groups excluding carboxylic acids is 2. The molecule has 24 heavy (non-hydrogen) atoms. The predicted molar refractivity (Wildman–Crippen MR) is 95.6 cm³/mol. The third-order valence-corrected chi connectivity index (χ3v) is 5.20. The van der Waals surface area contributed by atoms with E-state index >= 15 is 0 Å². The van der Waals surface area contributed by atoms with Crippen LogP contribution < -0.4 is 10.2 Å². The molecule has 2 saturated heterocycles. The monoisotopic (exact) mass is 349 g/mol. The first-order chi connectivity index (χ1) is 11.6. The van der Waals surface area contributed by atoms with Crippen molar-refractivity contribution < 1.29 is 9.59 Å². The highest BCUT2D eigenvalue weighted by molar-refractivity contribution is 6.34. The minimum Gasteiger partial charge on any atom is -0.372 e. The van der Waals surface area contributed by atoms with E-state index in [0.717, 1.165) is 18.8 Å². The maximum Gasteiger partial charge on any atom is 0.255 e. The molecule has 1 unspecified atom stereocenters. The Hall–Kier alpha value is -1.75. The van der Waals surface area contributed by atoms with Gasteiger partial charge in [-0.1, -0.05) is 11.6 Å². The van der Waals surface area contributed by atoms with Gasteiger partial charge >= 0.3 is 0 Å². The van der Waals surface area contributed by atoms with Crippen molar-refractivity contribution in [1.29, 1.82) is 0 Å². The average Bonchev–Trinajstić information content (AvgIpc) is 2.77. The van der Waals surface area contributed by atoms with Crippen molar-refractivity contribution >= 4 is 29.1 Å². The van der Waals surface area contributed by atoms with Gasteiger partial charge in [-0.05, 0) is 44.4 Å². The zero-order valence-corrected chi connectivity index (χ0v) is 14.8. The van der Waals surface area contributed by atoms with Crippen LogP contribution in [0.2, 0.25) is 5.02 Å². The number of anilines is 1. The zero-order valence-electron chi connectivity index (χ0n) is 14.1. The molecule has 5 nitrogen and oxygen atoms in total. The molecule has 0 spiro atoms. The van der Waals surface area contributed by atoms with Crippen LogP contribution >= 0.6 is 11.6 Å². The van der Waals surface area contributed by atoms with Crippen molar-refractivity contribution in [3.8, 4) is 0 Å². The summed E-state index contributed by atoms with van der Waals surface area (Å²) in [6, 6.07) is 5.66. The quantitative estimate of drug-likeness (QED) is 0.893. The lowest BCUT2D eigenvalue weighted by molar-refractivity contribution is -0.120. The fourth-order valence-corrected chi connectivity index (χ4v) is 3.58. The Labute approximate surface area is 147 Å². The first-order valence-corrected chi connectivity index (χ1v) is 9.06. The SMILES string of the molecule is CC1CNC(=O)CCN1C(=O)c1cc(N2CCCCC2)ccc1Cl. The van der Waals surface area contributed by atoms with Crippen molar-refractivity contribution in [1.82, 2.24) is 10.2 Å².